The number of nitrogens with zero attached hydrogens (tertiary/aromatic N) is 3. The van der Waals surface area contributed by atoms with Crippen LogP contribution >= 0.6 is 23.2 Å². The normalized spacial score (nSPS) is 11.4. The van der Waals surface area contributed by atoms with Gasteiger partial charge in [0, 0.05) is 28.6 Å². The molecule has 29 heavy (non-hydrogen) atoms. The van der Waals surface area contributed by atoms with Crippen LogP contribution in [0.2, 0.25) is 10.0 Å². The molecular weight excluding hydrogens is 415 g/mol. The van der Waals surface area contributed by atoms with Crippen molar-refractivity contribution in [1.29, 1.82) is 0 Å². The van der Waals surface area contributed by atoms with Crippen molar-refractivity contribution in [1.82, 2.24) is 14.8 Å². The summed E-state index contributed by atoms with van der Waals surface area (Å²) in [6.07, 6.45) is 1.56. The van der Waals surface area contributed by atoms with Crippen LogP contribution in [0.4, 0.5) is 8.78 Å². The van der Waals surface area contributed by atoms with Crippen molar-refractivity contribution >= 4 is 45.0 Å². The summed E-state index contributed by atoms with van der Waals surface area (Å²) >= 11 is 12.3. The van der Waals surface area contributed by atoms with Gasteiger partial charge in [-0.1, -0.05) is 53.5 Å². The highest BCUT2D eigenvalue weighted by Gasteiger charge is 2.19. The molecule has 2 heterocycles. The summed E-state index contributed by atoms with van der Waals surface area (Å²) in [5.74, 6) is -1.42. The minimum absolute atomic E-state index is 0.0692. The lowest BCUT2D eigenvalue weighted by molar-refractivity contribution is 0.590. The van der Waals surface area contributed by atoms with Gasteiger partial charge in [-0.25, -0.2) is 13.5 Å². The molecule has 0 fully saturated rings. The molecule has 7 heteroatoms. The van der Waals surface area contributed by atoms with Gasteiger partial charge in [0.05, 0.1) is 21.2 Å². The van der Waals surface area contributed by atoms with Crippen LogP contribution in [-0.4, -0.2) is 14.8 Å². The van der Waals surface area contributed by atoms with Crippen molar-refractivity contribution in [2.45, 2.75) is 0 Å². The number of aromatic nitrogens is 3. The number of rotatable bonds is 2. The van der Waals surface area contributed by atoms with E-state index in [9.17, 15) is 8.78 Å². The van der Waals surface area contributed by atoms with Crippen molar-refractivity contribution in [2.75, 3.05) is 0 Å². The molecule has 0 aliphatic heterocycles. The number of hydrogen-bond acceptors (Lipinski definition) is 2. The van der Waals surface area contributed by atoms with E-state index in [1.807, 2.05) is 30.3 Å². The van der Waals surface area contributed by atoms with Crippen molar-refractivity contribution in [2.24, 2.45) is 0 Å². The summed E-state index contributed by atoms with van der Waals surface area (Å²) < 4.78 is 30.1. The van der Waals surface area contributed by atoms with Gasteiger partial charge in [0.2, 0.25) is 0 Å². The Bertz CT molecular complexity index is 1400. The monoisotopic (exact) mass is 425 g/mol. The number of pyridine rings is 1. The zero-order chi connectivity index (χ0) is 20.1. The van der Waals surface area contributed by atoms with Crippen LogP contribution in [0.1, 0.15) is 0 Å². The van der Waals surface area contributed by atoms with Crippen molar-refractivity contribution < 1.29 is 8.78 Å². The van der Waals surface area contributed by atoms with Crippen LogP contribution in [0.5, 0.6) is 0 Å². The van der Waals surface area contributed by atoms with Gasteiger partial charge in [-0.3, -0.25) is 4.98 Å². The summed E-state index contributed by atoms with van der Waals surface area (Å²) in [5, 5.41) is 6.48. The third kappa shape index (κ3) is 2.94. The second-order valence-electron chi connectivity index (χ2n) is 6.53. The lowest BCUT2D eigenvalue weighted by atomic mass is 10.1. The predicted molar refractivity (Wildman–Crippen MR) is 112 cm³/mol. The predicted octanol–water partition coefficient (Wildman–Crippen LogP) is 6.83. The Morgan fingerprint density at radius 3 is 2.38 bits per heavy atom. The Balaban J connectivity index is 1.94. The van der Waals surface area contributed by atoms with Crippen LogP contribution in [0.15, 0.2) is 66.9 Å². The van der Waals surface area contributed by atoms with Gasteiger partial charge in [0.15, 0.2) is 5.82 Å². The van der Waals surface area contributed by atoms with E-state index in [0.29, 0.717) is 37.7 Å². The lowest BCUT2D eigenvalue weighted by Crippen LogP contribution is -1.98. The number of benzene rings is 3. The molecular formula is C22H11Cl2F2N3. The molecule has 0 radical (unpaired) electrons. The van der Waals surface area contributed by atoms with Gasteiger partial charge >= 0.3 is 0 Å². The van der Waals surface area contributed by atoms with Gasteiger partial charge < -0.3 is 0 Å². The lowest BCUT2D eigenvalue weighted by Gasteiger charge is -2.07. The molecule has 0 aliphatic carbocycles. The first-order valence-electron chi connectivity index (χ1n) is 8.70. The zero-order valence-corrected chi connectivity index (χ0v) is 16.2. The Labute approximate surface area is 174 Å². The molecule has 3 nitrogen and oxygen atoms in total. The molecule has 142 valence electrons. The largest absolute Gasteiger partial charge is 0.252 e. The zero-order valence-electron chi connectivity index (χ0n) is 14.7. The molecule has 3 aromatic carbocycles. The Morgan fingerprint density at radius 2 is 1.62 bits per heavy atom. The molecule has 5 rings (SSSR count). The topological polar surface area (TPSA) is 30.7 Å². The van der Waals surface area contributed by atoms with Gasteiger partial charge in [-0.15, -0.1) is 0 Å². The van der Waals surface area contributed by atoms with Crippen LogP contribution in [0.25, 0.3) is 38.8 Å². The van der Waals surface area contributed by atoms with E-state index in [0.717, 1.165) is 11.6 Å². The highest BCUT2D eigenvalue weighted by atomic mass is 35.5. The van der Waals surface area contributed by atoms with Gasteiger partial charge in [-0.2, -0.15) is 5.10 Å². The van der Waals surface area contributed by atoms with E-state index in [-0.39, 0.29) is 5.52 Å². The number of fused-ring (bicyclic) bond motifs is 3. The first-order valence-corrected chi connectivity index (χ1v) is 9.46. The number of hydrogen-bond donors (Lipinski definition) is 0. The Morgan fingerprint density at radius 1 is 0.828 bits per heavy atom. The maximum Gasteiger partial charge on any atom is 0.152 e. The van der Waals surface area contributed by atoms with Gasteiger partial charge in [0.1, 0.15) is 17.0 Å². The maximum absolute atomic E-state index is 14.4. The molecule has 0 bridgehead atoms. The molecule has 5 aromatic rings. The van der Waals surface area contributed by atoms with E-state index >= 15 is 0 Å². The van der Waals surface area contributed by atoms with Crippen LogP contribution in [0, 0.1) is 11.6 Å². The smallest absolute Gasteiger partial charge is 0.152 e. The quantitative estimate of drug-likeness (QED) is 0.310. The van der Waals surface area contributed by atoms with Crippen LogP contribution < -0.4 is 0 Å². The molecule has 0 saturated heterocycles. The van der Waals surface area contributed by atoms with Crippen LogP contribution in [0.3, 0.4) is 0 Å². The standard InChI is InChI=1S/C22H11Cl2F2N3/c23-17-7-6-14(10-18(17)24)29-22-15-8-13(25)9-19(26)21(15)27-11-16(22)20(28-29)12-4-2-1-3-5-12/h1-11H. The molecule has 0 N–H and O–H groups in total. The highest BCUT2D eigenvalue weighted by molar-refractivity contribution is 6.42. The second kappa shape index (κ2) is 6.79. The van der Waals surface area contributed by atoms with Gasteiger partial charge in [0.25, 0.3) is 0 Å². The Kier molecular flexibility index (Phi) is 4.23. The van der Waals surface area contributed by atoms with E-state index in [4.69, 9.17) is 28.3 Å². The van der Waals surface area contributed by atoms with Gasteiger partial charge in [-0.05, 0) is 24.3 Å². The summed E-state index contributed by atoms with van der Waals surface area (Å²) in [5.41, 5.74) is 2.72. The molecule has 0 amide bonds. The summed E-state index contributed by atoms with van der Waals surface area (Å²) in [6, 6.07) is 16.7. The molecule has 0 saturated carbocycles. The fourth-order valence-electron chi connectivity index (χ4n) is 3.43. The maximum atomic E-state index is 14.4. The summed E-state index contributed by atoms with van der Waals surface area (Å²) in [7, 11) is 0. The fourth-order valence-corrected chi connectivity index (χ4v) is 3.72. The minimum Gasteiger partial charge on any atom is -0.252 e. The first kappa shape index (κ1) is 18.0. The van der Waals surface area contributed by atoms with Crippen molar-refractivity contribution in [3.8, 4) is 16.9 Å². The van der Waals surface area contributed by atoms with Crippen molar-refractivity contribution in [3.63, 3.8) is 0 Å². The Hall–Kier alpha value is -3.02. The minimum atomic E-state index is -0.731. The third-order valence-electron chi connectivity index (χ3n) is 4.72. The summed E-state index contributed by atoms with van der Waals surface area (Å²) in [4.78, 5) is 4.23. The van der Waals surface area contributed by atoms with E-state index in [2.05, 4.69) is 4.98 Å². The molecule has 0 atom stereocenters. The molecule has 2 aromatic heterocycles. The van der Waals surface area contributed by atoms with Crippen molar-refractivity contribution in [3.05, 3.63) is 88.5 Å². The third-order valence-corrected chi connectivity index (χ3v) is 5.46. The number of halogens is 4. The van der Waals surface area contributed by atoms with Crippen LogP contribution in [-0.2, 0) is 0 Å². The first-order chi connectivity index (χ1) is 14.0. The average molecular weight is 426 g/mol. The fraction of sp³-hybridized carbons (Fsp3) is 0. The van der Waals surface area contributed by atoms with E-state index in [1.54, 1.807) is 29.1 Å². The molecule has 0 aliphatic rings. The van der Waals surface area contributed by atoms with E-state index < -0.39 is 11.6 Å². The SMILES string of the molecule is Fc1cc(F)c2ncc3c(-c4ccccc4)nn(-c4ccc(Cl)c(Cl)c4)c3c2c1. The second-order valence-corrected chi connectivity index (χ2v) is 7.34. The van der Waals surface area contributed by atoms with E-state index in [1.165, 1.54) is 6.07 Å². The highest BCUT2D eigenvalue weighted by Crippen LogP contribution is 2.35. The average Bonchev–Trinajstić information content (AvgIpc) is 3.11. The summed E-state index contributed by atoms with van der Waals surface area (Å²) in [6.45, 7) is 0. The molecule has 0 spiro atoms. The molecule has 0 unspecified atom stereocenters.